The summed E-state index contributed by atoms with van der Waals surface area (Å²) in [5.41, 5.74) is 12.6. The quantitative estimate of drug-likeness (QED) is 0.123. The predicted octanol–water partition coefficient (Wildman–Crippen LogP) is 15.7. The van der Waals surface area contributed by atoms with E-state index in [1.807, 2.05) is 0 Å². The average molecular weight is 811 g/mol. The van der Waals surface area contributed by atoms with Crippen molar-refractivity contribution in [1.29, 1.82) is 0 Å². The first kappa shape index (κ1) is 41.5. The molecule has 0 aliphatic heterocycles. The van der Waals surface area contributed by atoms with Crippen molar-refractivity contribution in [3.05, 3.63) is 131 Å². The summed E-state index contributed by atoms with van der Waals surface area (Å²) in [6.07, 6.45) is 6.97. The second-order valence-corrected chi connectivity index (χ2v) is 20.1. The van der Waals surface area contributed by atoms with Crippen molar-refractivity contribution in [3.63, 3.8) is 0 Å². The molecule has 0 nitrogen and oxygen atoms in total. The Morgan fingerprint density at radius 3 is 1.86 bits per heavy atom. The van der Waals surface area contributed by atoms with Crippen LogP contribution in [0, 0.1) is 13.8 Å². The summed E-state index contributed by atoms with van der Waals surface area (Å²) in [5.74, 6) is 1.36. The minimum atomic E-state index is -0.826. The Morgan fingerprint density at radius 1 is 0.725 bits per heavy atom. The summed E-state index contributed by atoms with van der Waals surface area (Å²) in [6.45, 7) is 20.0. The van der Waals surface area contributed by atoms with Crippen molar-refractivity contribution in [3.8, 4) is 22.3 Å². The summed E-state index contributed by atoms with van der Waals surface area (Å²) >= 11 is -0.826. The molecule has 0 unspecified atom stereocenters. The fourth-order valence-electron chi connectivity index (χ4n) is 7.20. The zero-order valence-electron chi connectivity index (χ0n) is 32.3. The van der Waals surface area contributed by atoms with E-state index in [-0.39, 0.29) is 5.41 Å². The van der Waals surface area contributed by atoms with E-state index in [0.29, 0.717) is 5.92 Å². The van der Waals surface area contributed by atoms with Crippen LogP contribution in [0.15, 0.2) is 103 Å². The van der Waals surface area contributed by atoms with E-state index in [4.69, 9.17) is 17.0 Å². The molecule has 1 saturated carbocycles. The number of fused-ring (bicyclic) bond motifs is 2. The molecule has 2 radical (unpaired) electrons. The van der Waals surface area contributed by atoms with Gasteiger partial charge in [-0.25, -0.2) is 0 Å². The fourth-order valence-corrected chi connectivity index (χ4v) is 7.20. The molecule has 0 spiro atoms. The van der Waals surface area contributed by atoms with Crippen molar-refractivity contribution < 1.29 is 20.8 Å². The minimum absolute atomic E-state index is 0.204. The van der Waals surface area contributed by atoms with Crippen molar-refractivity contribution in [1.82, 2.24) is 0 Å². The Balaban J connectivity index is 0.000000199. The van der Waals surface area contributed by atoms with Gasteiger partial charge in [-0.05, 0) is 52.3 Å². The van der Waals surface area contributed by atoms with E-state index in [1.54, 1.807) is 0 Å². The number of hydrogen-bond donors (Lipinski definition) is 0. The van der Waals surface area contributed by atoms with Gasteiger partial charge in [0.2, 0.25) is 0 Å². The van der Waals surface area contributed by atoms with Crippen LogP contribution in [0.2, 0.25) is 13.1 Å². The van der Waals surface area contributed by atoms with E-state index >= 15 is 0 Å². The first-order valence-electron chi connectivity index (χ1n) is 18.5. The topological polar surface area (TPSA) is 0 Å². The molecule has 0 saturated heterocycles. The zero-order chi connectivity index (χ0) is 37.1. The van der Waals surface area contributed by atoms with Crippen molar-refractivity contribution in [2.75, 3.05) is 0 Å². The van der Waals surface area contributed by atoms with E-state index in [0.717, 1.165) is 15.4 Å². The van der Waals surface area contributed by atoms with Crippen LogP contribution in [-0.4, -0.2) is 9.52 Å². The Labute approximate surface area is 330 Å². The van der Waals surface area contributed by atoms with E-state index in [1.165, 1.54) is 104 Å². The number of rotatable bonds is 4. The predicted molar refractivity (Wildman–Crippen MR) is 227 cm³/mol. The second kappa shape index (κ2) is 19.7. The fraction of sp³-hybridized carbons (Fsp3) is 0.362. The number of hydrogen-bond acceptors (Lipinski definition) is 0. The van der Waals surface area contributed by atoms with Gasteiger partial charge < -0.3 is 0 Å². The molecule has 6 aromatic rings. The zero-order valence-corrected chi connectivity index (χ0v) is 37.2. The van der Waals surface area contributed by atoms with Gasteiger partial charge in [0.15, 0.2) is 0 Å². The van der Waals surface area contributed by atoms with Gasteiger partial charge in [0.1, 0.15) is 0 Å². The Morgan fingerprint density at radius 2 is 1.29 bits per heavy atom. The van der Waals surface area contributed by atoms with Crippen LogP contribution in [0.25, 0.3) is 43.8 Å². The van der Waals surface area contributed by atoms with Gasteiger partial charge in [0.25, 0.3) is 0 Å². The summed E-state index contributed by atoms with van der Waals surface area (Å²) in [4.78, 5) is 0. The van der Waals surface area contributed by atoms with Crippen molar-refractivity contribution >= 4 is 48.1 Å². The third kappa shape index (κ3) is 11.1. The van der Waals surface area contributed by atoms with Gasteiger partial charge in [0, 0.05) is 9.52 Å². The van der Waals surface area contributed by atoms with Gasteiger partial charge in [0.05, 0.1) is 0 Å². The van der Waals surface area contributed by atoms with E-state index in [9.17, 15) is 0 Å². The molecule has 1 aliphatic rings. The number of aryl methyl sites for hydroxylation is 2. The molecule has 0 atom stereocenters. The van der Waals surface area contributed by atoms with Crippen LogP contribution in [0.3, 0.4) is 0 Å². The molecular weight excluding hydrogens is 755 g/mol. The summed E-state index contributed by atoms with van der Waals surface area (Å²) in [6, 6.07) is 38.9. The van der Waals surface area contributed by atoms with Crippen molar-refractivity contribution in [2.45, 2.75) is 111 Å². The van der Waals surface area contributed by atoms with Gasteiger partial charge in [-0.3, -0.25) is 0 Å². The van der Waals surface area contributed by atoms with Gasteiger partial charge in [-0.1, -0.05) is 153 Å². The molecule has 266 valence electrons. The maximum atomic E-state index is 4.93. The van der Waals surface area contributed by atoms with Crippen LogP contribution in [0.4, 0.5) is 0 Å². The first-order valence-corrected chi connectivity index (χ1v) is 26.9. The Kier molecular flexibility index (Phi) is 16.1. The molecule has 7 rings (SSSR count). The van der Waals surface area contributed by atoms with Gasteiger partial charge in [-0.15, -0.1) is 68.6 Å². The molecule has 0 amide bonds. The summed E-state index contributed by atoms with van der Waals surface area (Å²) < 4.78 is 0. The SMILES string of the molecule is CC(C)c1cc2c(-c3ccc(C(C)(C)C)cc3)cccc2[cH-]1.C[Si]C.Cc1cc2c(-c3ccc(C4CCCCC4)cc3)ccc(C)c2[cH-]1.[Cl][Zr+2][Cl]. The maximum absolute atomic E-state index is 4.93. The van der Waals surface area contributed by atoms with Crippen LogP contribution >= 0.6 is 17.0 Å². The third-order valence-corrected chi connectivity index (χ3v) is 10.0. The summed E-state index contributed by atoms with van der Waals surface area (Å²) in [7, 11) is 11.0. The molecule has 4 heteroatoms. The van der Waals surface area contributed by atoms with Crippen LogP contribution in [-0.2, 0) is 26.3 Å². The Hall–Kier alpha value is -2.22. The standard InChI is InChI=1S/C23H25.C22H25.C2H6Si.2ClH.Zr/c1-16-14-22-17(2)8-13-21(23(22)15-16)20-11-9-19(10-12-20)18-6-4-3-5-7-18;1-15(2)18-13-17-7-6-8-20(21(17)14-18)16-9-11-19(12-10-16)22(3,4)5;1-3-2;;;/h8-15,18H,3-7H2,1-2H3;6-15H,1-5H3;1-2H3;2*1H;/q2*-1;;;;+4/p-2. The molecule has 0 aromatic heterocycles. The number of benzene rings is 4. The van der Waals surface area contributed by atoms with Crippen LogP contribution in [0.5, 0.6) is 0 Å². The molecule has 0 heterocycles. The van der Waals surface area contributed by atoms with Gasteiger partial charge >= 0.3 is 37.9 Å². The van der Waals surface area contributed by atoms with E-state index in [2.05, 4.69) is 165 Å². The van der Waals surface area contributed by atoms with Crippen LogP contribution in [0.1, 0.15) is 106 Å². The molecule has 1 fully saturated rings. The molecule has 0 bridgehead atoms. The normalized spacial score (nSPS) is 13.1. The second-order valence-electron chi connectivity index (χ2n) is 15.4. The third-order valence-electron chi connectivity index (χ3n) is 10.0. The monoisotopic (exact) mass is 808 g/mol. The van der Waals surface area contributed by atoms with Crippen LogP contribution < -0.4 is 0 Å². The first-order chi connectivity index (χ1) is 24.4. The molecule has 6 aromatic carbocycles. The number of halogens is 2. The molecule has 0 N–H and O–H groups in total. The van der Waals surface area contributed by atoms with Gasteiger partial charge in [-0.2, -0.15) is 12.1 Å². The van der Waals surface area contributed by atoms with E-state index < -0.39 is 20.8 Å². The van der Waals surface area contributed by atoms with Crippen molar-refractivity contribution in [2.24, 2.45) is 0 Å². The molecular formula is C47H56Cl2SiZr. The molecule has 51 heavy (non-hydrogen) atoms. The summed E-state index contributed by atoms with van der Waals surface area (Å²) in [5, 5.41) is 5.51. The Bertz CT molecular complexity index is 1930. The average Bonchev–Trinajstić information content (AvgIpc) is 3.74. The molecule has 1 aliphatic carbocycles.